The fourth-order valence-electron chi connectivity index (χ4n) is 3.98. The number of hydrogen-bond donors (Lipinski definition) is 2. The van der Waals surface area contributed by atoms with Crippen molar-refractivity contribution in [1.29, 1.82) is 0 Å². The zero-order valence-electron chi connectivity index (χ0n) is 20.5. The number of sulfone groups is 1. The minimum atomic E-state index is -4.03. The summed E-state index contributed by atoms with van der Waals surface area (Å²) in [6.07, 6.45) is 1.39. The highest BCUT2D eigenvalue weighted by Gasteiger charge is 2.31. The zero-order chi connectivity index (χ0) is 28.2. The van der Waals surface area contributed by atoms with Gasteiger partial charge in [-0.15, -0.1) is 6.58 Å². The Morgan fingerprint density at radius 3 is 2.10 bits per heavy atom. The van der Waals surface area contributed by atoms with Crippen LogP contribution in [0.3, 0.4) is 0 Å². The van der Waals surface area contributed by atoms with Crippen LogP contribution in [0.5, 0.6) is 0 Å². The fraction of sp³-hybridized carbons (Fsp3) is 0.192. The molecule has 0 aromatic heterocycles. The first-order valence-electron chi connectivity index (χ1n) is 11.7. The Bertz CT molecular complexity index is 1570. The van der Waals surface area contributed by atoms with E-state index in [-0.39, 0.29) is 26.1 Å². The molecule has 1 aliphatic heterocycles. The second-order valence-corrected chi connectivity index (χ2v) is 13.1. The molecule has 0 spiro atoms. The van der Waals surface area contributed by atoms with Gasteiger partial charge in [0.2, 0.25) is 0 Å². The number of carbonyl (C=O) groups excluding carboxylic acids is 1. The molecule has 3 aromatic carbocycles. The van der Waals surface area contributed by atoms with E-state index in [9.17, 15) is 21.6 Å². The van der Waals surface area contributed by atoms with Crippen molar-refractivity contribution < 1.29 is 26.4 Å². The van der Waals surface area contributed by atoms with Crippen LogP contribution in [0, 0.1) is 0 Å². The number of sulfonamides is 1. The van der Waals surface area contributed by atoms with Crippen LogP contribution >= 0.6 is 23.2 Å². The van der Waals surface area contributed by atoms with Gasteiger partial charge >= 0.3 is 0 Å². The van der Waals surface area contributed by atoms with Crippen LogP contribution < -0.4 is 10.0 Å². The Labute approximate surface area is 237 Å². The molecular weight excluding hydrogens is 585 g/mol. The molecule has 9 nitrogen and oxygen atoms in total. The second-order valence-electron chi connectivity index (χ2n) is 8.55. The fourth-order valence-corrected chi connectivity index (χ4v) is 7.01. The summed E-state index contributed by atoms with van der Waals surface area (Å²) >= 11 is 11.9. The third-order valence-corrected chi connectivity index (χ3v) is 9.88. The summed E-state index contributed by atoms with van der Waals surface area (Å²) in [4.78, 5) is 14.9. The van der Waals surface area contributed by atoms with Crippen LogP contribution in [0.15, 0.2) is 89.2 Å². The Kier molecular flexibility index (Phi) is 9.00. The minimum absolute atomic E-state index is 0.00499. The predicted octanol–water partition coefficient (Wildman–Crippen LogP) is 4.66. The van der Waals surface area contributed by atoms with E-state index in [1.54, 1.807) is 4.90 Å². The van der Waals surface area contributed by atoms with Crippen LogP contribution in [-0.4, -0.2) is 59.3 Å². The highest BCUT2D eigenvalue weighted by Crippen LogP contribution is 2.27. The molecule has 39 heavy (non-hydrogen) atoms. The summed E-state index contributed by atoms with van der Waals surface area (Å²) in [6, 6.07) is 15.4. The van der Waals surface area contributed by atoms with E-state index >= 15 is 0 Å². The third-order valence-electron chi connectivity index (χ3n) is 5.96. The molecule has 1 amide bonds. The molecule has 1 heterocycles. The maximum absolute atomic E-state index is 13.2. The standard InChI is InChI=1S/C26H25Cl2N3O6S2/c1-2-25(31-13-15-37-16-14-31)38(33,34)21-10-6-20(7-11-21)29-26(32)23-17-19(28)5-12-24(23)30-39(35,36)22-8-3-18(27)4-9-22/h2-12,17,25,30H,1,13-16H2,(H,29,32). The van der Waals surface area contributed by atoms with Gasteiger partial charge in [-0.1, -0.05) is 29.3 Å². The number of halogens is 2. The first-order chi connectivity index (χ1) is 18.5. The molecule has 4 rings (SSSR count). The van der Waals surface area contributed by atoms with Crippen LogP contribution in [0.2, 0.25) is 10.0 Å². The Hall–Kier alpha value is -2.93. The van der Waals surface area contributed by atoms with Crippen molar-refractivity contribution in [2.24, 2.45) is 0 Å². The third kappa shape index (κ3) is 6.81. The molecule has 0 aliphatic carbocycles. The maximum atomic E-state index is 13.2. The second kappa shape index (κ2) is 12.1. The quantitative estimate of drug-likeness (QED) is 0.338. The number of hydrogen-bond acceptors (Lipinski definition) is 7. The van der Waals surface area contributed by atoms with E-state index in [0.29, 0.717) is 37.0 Å². The molecule has 1 fully saturated rings. The Morgan fingerprint density at radius 2 is 1.49 bits per heavy atom. The number of morpholine rings is 1. The molecule has 1 saturated heterocycles. The van der Waals surface area contributed by atoms with Crippen LogP contribution in [0.25, 0.3) is 0 Å². The summed E-state index contributed by atoms with van der Waals surface area (Å²) in [5.41, 5.74) is 0.271. The molecular formula is C26H25Cl2N3O6S2. The molecule has 1 aliphatic rings. The lowest BCUT2D eigenvalue weighted by atomic mass is 10.1. The van der Waals surface area contributed by atoms with Gasteiger partial charge < -0.3 is 10.1 Å². The summed E-state index contributed by atoms with van der Waals surface area (Å²) in [5.74, 6) is -0.654. The highest BCUT2D eigenvalue weighted by atomic mass is 35.5. The van der Waals surface area contributed by atoms with E-state index in [4.69, 9.17) is 27.9 Å². The van der Waals surface area contributed by atoms with Crippen molar-refractivity contribution in [3.8, 4) is 0 Å². The number of rotatable bonds is 9. The van der Waals surface area contributed by atoms with Crippen molar-refractivity contribution in [2.75, 3.05) is 36.3 Å². The van der Waals surface area contributed by atoms with Gasteiger partial charge in [0.1, 0.15) is 5.37 Å². The first kappa shape index (κ1) is 29.1. The lowest BCUT2D eigenvalue weighted by Gasteiger charge is -2.32. The van der Waals surface area contributed by atoms with Gasteiger partial charge in [0.25, 0.3) is 15.9 Å². The van der Waals surface area contributed by atoms with E-state index in [1.807, 2.05) is 0 Å². The molecule has 0 saturated carbocycles. The van der Waals surface area contributed by atoms with Crippen LogP contribution in [-0.2, 0) is 24.6 Å². The smallest absolute Gasteiger partial charge is 0.261 e. The first-order valence-corrected chi connectivity index (χ1v) is 15.5. The number of amides is 1. The average Bonchev–Trinajstić information content (AvgIpc) is 2.91. The van der Waals surface area contributed by atoms with Crippen molar-refractivity contribution in [2.45, 2.75) is 15.2 Å². The van der Waals surface area contributed by atoms with Gasteiger partial charge in [-0.3, -0.25) is 14.4 Å². The minimum Gasteiger partial charge on any atom is -0.379 e. The van der Waals surface area contributed by atoms with Gasteiger partial charge in [0.05, 0.1) is 34.3 Å². The molecule has 3 aromatic rings. The van der Waals surface area contributed by atoms with E-state index in [0.717, 1.165) is 0 Å². The van der Waals surface area contributed by atoms with Gasteiger partial charge in [-0.25, -0.2) is 16.8 Å². The molecule has 0 radical (unpaired) electrons. The summed E-state index contributed by atoms with van der Waals surface area (Å²) in [5, 5.41) is 2.33. The lowest BCUT2D eigenvalue weighted by molar-refractivity contribution is 0.0374. The lowest BCUT2D eigenvalue weighted by Crippen LogP contribution is -2.46. The molecule has 0 bridgehead atoms. The predicted molar refractivity (Wildman–Crippen MR) is 152 cm³/mol. The van der Waals surface area contributed by atoms with Crippen LogP contribution in [0.1, 0.15) is 10.4 Å². The number of ether oxygens (including phenoxy) is 1. The normalized spacial score (nSPS) is 15.3. The van der Waals surface area contributed by atoms with Crippen molar-refractivity contribution in [3.63, 3.8) is 0 Å². The van der Waals surface area contributed by atoms with E-state index in [2.05, 4.69) is 16.6 Å². The Balaban J connectivity index is 1.53. The maximum Gasteiger partial charge on any atom is 0.261 e. The number of benzene rings is 3. The molecule has 1 atom stereocenters. The number of anilines is 2. The zero-order valence-corrected chi connectivity index (χ0v) is 23.7. The summed E-state index contributed by atoms with van der Waals surface area (Å²) < 4.78 is 59.9. The number of nitrogens with one attached hydrogen (secondary N) is 2. The van der Waals surface area contributed by atoms with Gasteiger partial charge in [-0.05, 0) is 66.7 Å². The Morgan fingerprint density at radius 1 is 0.897 bits per heavy atom. The van der Waals surface area contributed by atoms with Gasteiger partial charge in [0, 0.05) is 28.8 Å². The summed E-state index contributed by atoms with van der Waals surface area (Å²) in [7, 11) is -7.80. The summed E-state index contributed by atoms with van der Waals surface area (Å²) in [6.45, 7) is 5.50. The van der Waals surface area contributed by atoms with E-state index < -0.39 is 31.1 Å². The highest BCUT2D eigenvalue weighted by molar-refractivity contribution is 7.92. The number of nitrogens with zero attached hydrogens (tertiary/aromatic N) is 1. The molecule has 2 N–H and O–H groups in total. The van der Waals surface area contributed by atoms with Gasteiger partial charge in [0.15, 0.2) is 9.84 Å². The molecule has 206 valence electrons. The van der Waals surface area contributed by atoms with Crippen molar-refractivity contribution in [3.05, 3.63) is 95.0 Å². The molecule has 13 heteroatoms. The van der Waals surface area contributed by atoms with Crippen molar-refractivity contribution in [1.82, 2.24) is 4.90 Å². The number of carbonyl (C=O) groups is 1. The molecule has 1 unspecified atom stereocenters. The van der Waals surface area contributed by atoms with Crippen molar-refractivity contribution >= 4 is 60.3 Å². The van der Waals surface area contributed by atoms with Gasteiger partial charge in [-0.2, -0.15) is 0 Å². The SMILES string of the molecule is C=CC(N1CCOCC1)S(=O)(=O)c1ccc(NC(=O)c2cc(Cl)ccc2NS(=O)(=O)c2ccc(Cl)cc2)cc1. The largest absolute Gasteiger partial charge is 0.379 e. The monoisotopic (exact) mass is 609 g/mol. The topological polar surface area (TPSA) is 122 Å². The van der Waals surface area contributed by atoms with Crippen LogP contribution in [0.4, 0.5) is 11.4 Å². The van der Waals surface area contributed by atoms with E-state index in [1.165, 1.54) is 72.8 Å². The average molecular weight is 611 g/mol.